The SMILES string of the molecule is CCCCC1(C)CC(O)CC(C)P1C. The van der Waals surface area contributed by atoms with Crippen molar-refractivity contribution in [1.29, 1.82) is 0 Å². The summed E-state index contributed by atoms with van der Waals surface area (Å²) in [7, 11) is 0.103. The van der Waals surface area contributed by atoms with Crippen LogP contribution in [0.25, 0.3) is 0 Å². The average Bonchev–Trinajstić information content (AvgIpc) is 2.11. The Morgan fingerprint density at radius 3 is 2.71 bits per heavy atom. The highest BCUT2D eigenvalue weighted by atomic mass is 31.1. The Kier molecular flexibility index (Phi) is 4.40. The van der Waals surface area contributed by atoms with Gasteiger partial charge in [-0.1, -0.05) is 33.6 Å². The van der Waals surface area contributed by atoms with Crippen LogP contribution in [0.5, 0.6) is 0 Å². The minimum absolute atomic E-state index is 0.0365. The molecule has 4 atom stereocenters. The first kappa shape index (κ1) is 12.5. The van der Waals surface area contributed by atoms with E-state index in [0.29, 0.717) is 5.16 Å². The summed E-state index contributed by atoms with van der Waals surface area (Å²) in [6, 6.07) is 0. The van der Waals surface area contributed by atoms with Crippen molar-refractivity contribution in [1.82, 2.24) is 0 Å². The molecular formula is C12H25OP. The summed E-state index contributed by atoms with van der Waals surface area (Å²) in [5.74, 6) is 0. The average molecular weight is 216 g/mol. The molecule has 0 aromatic rings. The van der Waals surface area contributed by atoms with Crippen molar-refractivity contribution in [2.24, 2.45) is 0 Å². The molecule has 1 N–H and O–H groups in total. The first-order chi connectivity index (χ1) is 6.49. The van der Waals surface area contributed by atoms with Gasteiger partial charge in [-0.2, -0.15) is 0 Å². The zero-order valence-corrected chi connectivity index (χ0v) is 11.0. The highest BCUT2D eigenvalue weighted by Crippen LogP contribution is 2.59. The maximum absolute atomic E-state index is 9.84. The quantitative estimate of drug-likeness (QED) is 0.715. The molecule has 0 aliphatic carbocycles. The van der Waals surface area contributed by atoms with Gasteiger partial charge in [0.2, 0.25) is 0 Å². The minimum Gasteiger partial charge on any atom is -0.393 e. The van der Waals surface area contributed by atoms with Crippen molar-refractivity contribution in [3.05, 3.63) is 0 Å². The summed E-state index contributed by atoms with van der Waals surface area (Å²) in [6.07, 6.45) is 5.95. The smallest absolute Gasteiger partial charge is 0.0554 e. The van der Waals surface area contributed by atoms with E-state index in [1.54, 1.807) is 0 Å². The van der Waals surface area contributed by atoms with E-state index < -0.39 is 0 Å². The van der Waals surface area contributed by atoms with Gasteiger partial charge in [0.15, 0.2) is 0 Å². The third-order valence-corrected chi connectivity index (χ3v) is 7.51. The lowest BCUT2D eigenvalue weighted by molar-refractivity contribution is 0.131. The molecule has 0 amide bonds. The molecule has 1 aliphatic rings. The van der Waals surface area contributed by atoms with Crippen molar-refractivity contribution < 1.29 is 5.11 Å². The minimum atomic E-state index is -0.0365. The first-order valence-corrected chi connectivity index (χ1v) is 7.76. The topological polar surface area (TPSA) is 20.2 Å². The van der Waals surface area contributed by atoms with E-state index in [4.69, 9.17) is 0 Å². The second-order valence-electron chi connectivity index (χ2n) is 5.15. The van der Waals surface area contributed by atoms with Crippen LogP contribution in [-0.2, 0) is 0 Å². The molecule has 0 aromatic heterocycles. The monoisotopic (exact) mass is 216 g/mol. The van der Waals surface area contributed by atoms with E-state index in [2.05, 4.69) is 27.4 Å². The molecule has 0 spiro atoms. The van der Waals surface area contributed by atoms with E-state index in [1.165, 1.54) is 19.3 Å². The Hall–Kier alpha value is 0.390. The van der Waals surface area contributed by atoms with Crippen LogP contribution in [0.1, 0.15) is 52.9 Å². The Balaban J connectivity index is 2.62. The number of rotatable bonds is 3. The lowest BCUT2D eigenvalue weighted by Crippen LogP contribution is -2.37. The fraction of sp³-hybridized carbons (Fsp3) is 1.00. The van der Waals surface area contributed by atoms with Gasteiger partial charge in [-0.25, -0.2) is 0 Å². The van der Waals surface area contributed by atoms with Crippen LogP contribution in [-0.4, -0.2) is 28.7 Å². The van der Waals surface area contributed by atoms with E-state index in [9.17, 15) is 5.11 Å². The Labute approximate surface area is 90.0 Å². The van der Waals surface area contributed by atoms with Crippen LogP contribution >= 0.6 is 7.92 Å². The molecule has 1 nitrogen and oxygen atoms in total. The zero-order chi connectivity index (χ0) is 10.8. The first-order valence-electron chi connectivity index (χ1n) is 5.90. The summed E-state index contributed by atoms with van der Waals surface area (Å²) in [5.41, 5.74) is 0.746. The fourth-order valence-electron chi connectivity index (χ4n) is 2.65. The molecule has 2 heteroatoms. The lowest BCUT2D eigenvalue weighted by atomic mass is 9.93. The lowest BCUT2D eigenvalue weighted by Gasteiger charge is -2.46. The van der Waals surface area contributed by atoms with Gasteiger partial charge >= 0.3 is 0 Å². The fourth-order valence-corrected chi connectivity index (χ4v) is 5.29. The second-order valence-corrected chi connectivity index (χ2v) is 8.34. The predicted octanol–water partition coefficient (Wildman–Crippen LogP) is 3.59. The van der Waals surface area contributed by atoms with Crippen molar-refractivity contribution in [2.45, 2.75) is 69.8 Å². The van der Waals surface area contributed by atoms with Gasteiger partial charge in [-0.05, 0) is 36.7 Å². The number of unbranched alkanes of at least 4 members (excludes halogenated alkanes) is 1. The third kappa shape index (κ3) is 2.70. The van der Waals surface area contributed by atoms with E-state index in [0.717, 1.165) is 18.5 Å². The van der Waals surface area contributed by atoms with Crippen molar-refractivity contribution in [3.8, 4) is 0 Å². The summed E-state index contributed by atoms with van der Waals surface area (Å²) in [4.78, 5) is 0. The maximum atomic E-state index is 9.84. The van der Waals surface area contributed by atoms with Crippen LogP contribution in [0.3, 0.4) is 0 Å². The Bertz CT molecular complexity index is 183. The van der Waals surface area contributed by atoms with Crippen LogP contribution in [0, 0.1) is 0 Å². The number of hydrogen-bond acceptors (Lipinski definition) is 1. The molecule has 0 radical (unpaired) electrons. The van der Waals surface area contributed by atoms with E-state index >= 15 is 0 Å². The number of aliphatic hydroxyl groups excluding tert-OH is 1. The largest absolute Gasteiger partial charge is 0.393 e. The molecule has 1 heterocycles. The van der Waals surface area contributed by atoms with Crippen LogP contribution in [0.2, 0.25) is 0 Å². The summed E-state index contributed by atoms with van der Waals surface area (Å²) >= 11 is 0. The van der Waals surface area contributed by atoms with Crippen molar-refractivity contribution >= 4 is 7.92 Å². The van der Waals surface area contributed by atoms with Crippen LogP contribution in [0.4, 0.5) is 0 Å². The van der Waals surface area contributed by atoms with Gasteiger partial charge in [0.25, 0.3) is 0 Å². The van der Waals surface area contributed by atoms with Crippen LogP contribution < -0.4 is 0 Å². The molecule has 84 valence electrons. The normalized spacial score (nSPS) is 43.9. The van der Waals surface area contributed by atoms with Gasteiger partial charge in [0.1, 0.15) is 0 Å². The molecular weight excluding hydrogens is 191 g/mol. The zero-order valence-electron chi connectivity index (χ0n) is 10.1. The van der Waals surface area contributed by atoms with Crippen molar-refractivity contribution in [3.63, 3.8) is 0 Å². The maximum Gasteiger partial charge on any atom is 0.0554 e. The summed E-state index contributed by atoms with van der Waals surface area (Å²) < 4.78 is 0. The molecule has 0 bridgehead atoms. The summed E-state index contributed by atoms with van der Waals surface area (Å²) in [5, 5.41) is 10.3. The molecule has 1 fully saturated rings. The molecule has 1 aliphatic heterocycles. The van der Waals surface area contributed by atoms with Gasteiger partial charge < -0.3 is 5.11 Å². The van der Waals surface area contributed by atoms with Gasteiger partial charge in [0, 0.05) is 0 Å². The molecule has 14 heavy (non-hydrogen) atoms. The second kappa shape index (κ2) is 4.94. The molecule has 1 rings (SSSR count). The predicted molar refractivity (Wildman–Crippen MR) is 65.5 cm³/mol. The number of aliphatic hydroxyl groups is 1. The molecule has 0 saturated carbocycles. The standard InChI is InChI=1S/C12H25OP/c1-5-6-7-12(3)9-11(13)8-10(2)14(12)4/h10-11,13H,5-9H2,1-4H3. The van der Waals surface area contributed by atoms with Gasteiger partial charge in [0.05, 0.1) is 6.10 Å². The van der Waals surface area contributed by atoms with Crippen LogP contribution in [0.15, 0.2) is 0 Å². The molecule has 1 saturated heterocycles. The number of hydrogen-bond donors (Lipinski definition) is 1. The van der Waals surface area contributed by atoms with Gasteiger partial charge in [-0.15, -0.1) is 7.92 Å². The van der Waals surface area contributed by atoms with Gasteiger partial charge in [-0.3, -0.25) is 0 Å². The third-order valence-electron chi connectivity index (χ3n) is 3.87. The van der Waals surface area contributed by atoms with E-state index in [-0.39, 0.29) is 14.0 Å². The van der Waals surface area contributed by atoms with Crippen molar-refractivity contribution in [2.75, 3.05) is 6.66 Å². The van der Waals surface area contributed by atoms with E-state index in [1.807, 2.05) is 0 Å². The Morgan fingerprint density at radius 2 is 2.14 bits per heavy atom. The molecule has 4 unspecified atom stereocenters. The Morgan fingerprint density at radius 1 is 1.50 bits per heavy atom. The summed E-state index contributed by atoms with van der Waals surface area (Å²) in [6.45, 7) is 9.40. The highest BCUT2D eigenvalue weighted by Gasteiger charge is 2.40. The highest BCUT2D eigenvalue weighted by molar-refractivity contribution is 7.59. The molecule has 0 aromatic carbocycles.